The minimum atomic E-state index is 0. The second kappa shape index (κ2) is 11.1. The average molecular weight is 374 g/mol. The number of aryl methyl sites for hydroxylation is 1. The van der Waals surface area contributed by atoms with E-state index >= 15 is 0 Å². The summed E-state index contributed by atoms with van der Waals surface area (Å²) in [6.45, 7) is 4.34. The molecule has 0 amide bonds. The molecule has 0 bridgehead atoms. The first kappa shape index (κ1) is 20.5. The molecule has 0 spiro atoms. The van der Waals surface area contributed by atoms with Crippen LogP contribution in [0.4, 0.5) is 0 Å². The summed E-state index contributed by atoms with van der Waals surface area (Å²) in [4.78, 5) is 0. The number of hydrogen-bond acceptors (Lipinski definition) is 7. The van der Waals surface area contributed by atoms with E-state index in [-0.39, 0.29) is 12.4 Å². The number of nitrogens with zero attached hydrogens (tertiary/aromatic N) is 4. The van der Waals surface area contributed by atoms with E-state index in [1.807, 2.05) is 32.2 Å². The Hall–Kier alpha value is -1.51. The third-order valence-corrected chi connectivity index (χ3v) is 4.26. The van der Waals surface area contributed by atoms with Crippen molar-refractivity contribution in [3.8, 4) is 11.5 Å². The SMILES string of the molecule is CCOc1cc(CNCCCSc2nnnn2C)ccc1OC.Cl. The standard InChI is InChI=1S/C15H23N5O2S.ClH/c1-4-22-14-10-12(6-7-13(14)21-3)11-16-8-5-9-23-15-17-18-19-20(15)2;/h6-7,10,16H,4-5,8-9,11H2,1-3H3;1H. The lowest BCUT2D eigenvalue weighted by atomic mass is 10.2. The molecule has 2 rings (SSSR count). The van der Waals surface area contributed by atoms with Gasteiger partial charge in [0.05, 0.1) is 13.7 Å². The van der Waals surface area contributed by atoms with E-state index in [9.17, 15) is 0 Å². The van der Waals surface area contributed by atoms with Crippen LogP contribution in [0, 0.1) is 0 Å². The summed E-state index contributed by atoms with van der Waals surface area (Å²) in [7, 11) is 3.50. The van der Waals surface area contributed by atoms with Crippen LogP contribution in [0.2, 0.25) is 0 Å². The van der Waals surface area contributed by atoms with Crippen LogP contribution in [0.25, 0.3) is 0 Å². The minimum absolute atomic E-state index is 0. The summed E-state index contributed by atoms with van der Waals surface area (Å²) in [5.74, 6) is 2.54. The molecule has 0 radical (unpaired) electrons. The number of benzene rings is 1. The van der Waals surface area contributed by atoms with Gasteiger partial charge >= 0.3 is 0 Å². The summed E-state index contributed by atoms with van der Waals surface area (Å²) in [5.41, 5.74) is 1.18. The van der Waals surface area contributed by atoms with Gasteiger partial charge in [0.15, 0.2) is 11.5 Å². The van der Waals surface area contributed by atoms with Crippen LogP contribution in [-0.4, -0.2) is 46.2 Å². The van der Waals surface area contributed by atoms with Crippen LogP contribution < -0.4 is 14.8 Å². The Bertz CT molecular complexity index is 611. The second-order valence-corrected chi connectivity index (χ2v) is 5.94. The van der Waals surface area contributed by atoms with Crippen molar-refractivity contribution in [3.63, 3.8) is 0 Å². The monoisotopic (exact) mass is 373 g/mol. The molecule has 2 aromatic rings. The highest BCUT2D eigenvalue weighted by Gasteiger charge is 2.05. The maximum Gasteiger partial charge on any atom is 0.209 e. The zero-order chi connectivity index (χ0) is 16.5. The third-order valence-electron chi connectivity index (χ3n) is 3.17. The molecule has 0 saturated carbocycles. The van der Waals surface area contributed by atoms with Crippen LogP contribution >= 0.6 is 24.2 Å². The van der Waals surface area contributed by atoms with E-state index in [1.54, 1.807) is 23.6 Å². The van der Waals surface area contributed by atoms with Gasteiger partial charge < -0.3 is 14.8 Å². The van der Waals surface area contributed by atoms with Gasteiger partial charge in [-0.15, -0.1) is 17.5 Å². The number of halogens is 1. The minimum Gasteiger partial charge on any atom is -0.493 e. The maximum atomic E-state index is 5.59. The van der Waals surface area contributed by atoms with E-state index in [0.717, 1.165) is 41.9 Å². The largest absolute Gasteiger partial charge is 0.493 e. The van der Waals surface area contributed by atoms with Gasteiger partial charge in [0.1, 0.15) is 0 Å². The van der Waals surface area contributed by atoms with Gasteiger partial charge in [-0.3, -0.25) is 0 Å². The van der Waals surface area contributed by atoms with Gasteiger partial charge in [0, 0.05) is 19.3 Å². The Morgan fingerprint density at radius 1 is 1.29 bits per heavy atom. The fourth-order valence-corrected chi connectivity index (χ4v) is 2.83. The Morgan fingerprint density at radius 3 is 2.79 bits per heavy atom. The van der Waals surface area contributed by atoms with E-state index in [0.29, 0.717) is 6.61 Å². The molecule has 0 saturated heterocycles. The Morgan fingerprint density at radius 2 is 2.12 bits per heavy atom. The van der Waals surface area contributed by atoms with Crippen LogP contribution in [0.1, 0.15) is 18.9 Å². The molecular formula is C15H24ClN5O2S. The highest BCUT2D eigenvalue weighted by atomic mass is 35.5. The molecule has 7 nitrogen and oxygen atoms in total. The molecule has 1 N–H and O–H groups in total. The molecule has 0 fully saturated rings. The molecule has 134 valence electrons. The molecule has 9 heteroatoms. The lowest BCUT2D eigenvalue weighted by molar-refractivity contribution is 0.310. The summed E-state index contributed by atoms with van der Waals surface area (Å²) in [6, 6.07) is 6.02. The second-order valence-electron chi connectivity index (χ2n) is 4.88. The first-order valence-corrected chi connectivity index (χ1v) is 8.58. The Kier molecular flexibility index (Phi) is 9.51. The van der Waals surface area contributed by atoms with Crippen molar-refractivity contribution in [3.05, 3.63) is 23.8 Å². The zero-order valence-electron chi connectivity index (χ0n) is 14.2. The number of nitrogens with one attached hydrogen (secondary N) is 1. The van der Waals surface area contributed by atoms with Crippen molar-refractivity contribution in [2.75, 3.05) is 26.0 Å². The Labute approximate surface area is 152 Å². The summed E-state index contributed by atoms with van der Waals surface area (Å²) < 4.78 is 12.6. The van der Waals surface area contributed by atoms with E-state index in [4.69, 9.17) is 9.47 Å². The number of thioether (sulfide) groups is 1. The number of aromatic nitrogens is 4. The molecule has 1 aromatic heterocycles. The predicted molar refractivity (Wildman–Crippen MR) is 97.3 cm³/mol. The van der Waals surface area contributed by atoms with Crippen molar-refractivity contribution < 1.29 is 9.47 Å². The van der Waals surface area contributed by atoms with Crippen LogP contribution in [-0.2, 0) is 13.6 Å². The summed E-state index contributed by atoms with van der Waals surface area (Å²) >= 11 is 1.66. The number of hydrogen-bond donors (Lipinski definition) is 1. The number of ether oxygens (including phenoxy) is 2. The number of tetrazole rings is 1. The van der Waals surface area contributed by atoms with Gasteiger partial charge in [-0.2, -0.15) is 0 Å². The topological polar surface area (TPSA) is 74.1 Å². The van der Waals surface area contributed by atoms with Gasteiger partial charge in [-0.05, 0) is 48.0 Å². The maximum absolute atomic E-state index is 5.59. The number of rotatable bonds is 10. The fourth-order valence-electron chi connectivity index (χ4n) is 2.04. The first-order chi connectivity index (χ1) is 11.2. The molecule has 1 aromatic carbocycles. The normalized spacial score (nSPS) is 10.3. The lowest BCUT2D eigenvalue weighted by Gasteiger charge is -2.11. The quantitative estimate of drug-likeness (QED) is 0.506. The van der Waals surface area contributed by atoms with Crippen molar-refractivity contribution in [2.45, 2.75) is 25.0 Å². The predicted octanol–water partition coefficient (Wildman–Crippen LogP) is 2.31. The molecule has 0 aliphatic heterocycles. The van der Waals surface area contributed by atoms with Crippen molar-refractivity contribution in [1.82, 2.24) is 25.5 Å². The van der Waals surface area contributed by atoms with Crippen molar-refractivity contribution in [2.24, 2.45) is 7.05 Å². The molecule has 24 heavy (non-hydrogen) atoms. The van der Waals surface area contributed by atoms with Crippen LogP contribution in [0.5, 0.6) is 11.5 Å². The van der Waals surface area contributed by atoms with E-state index in [2.05, 4.69) is 20.8 Å². The lowest BCUT2D eigenvalue weighted by Crippen LogP contribution is -2.15. The molecule has 0 aliphatic rings. The van der Waals surface area contributed by atoms with E-state index < -0.39 is 0 Å². The van der Waals surface area contributed by atoms with Gasteiger partial charge in [-0.1, -0.05) is 17.8 Å². The molecule has 0 unspecified atom stereocenters. The van der Waals surface area contributed by atoms with Crippen molar-refractivity contribution >= 4 is 24.2 Å². The molecule has 0 aliphatic carbocycles. The first-order valence-electron chi connectivity index (χ1n) is 7.60. The van der Waals surface area contributed by atoms with Gasteiger partial charge in [-0.25, -0.2) is 4.68 Å². The molecule has 0 atom stereocenters. The number of methoxy groups -OCH3 is 1. The van der Waals surface area contributed by atoms with Crippen LogP contribution in [0.3, 0.4) is 0 Å². The molecule has 1 heterocycles. The van der Waals surface area contributed by atoms with Gasteiger partial charge in [0.25, 0.3) is 0 Å². The highest BCUT2D eigenvalue weighted by molar-refractivity contribution is 7.99. The van der Waals surface area contributed by atoms with E-state index in [1.165, 1.54) is 5.56 Å². The third kappa shape index (κ3) is 6.18. The Balaban J connectivity index is 0.00000288. The average Bonchev–Trinajstić information content (AvgIpc) is 2.96. The fraction of sp³-hybridized carbons (Fsp3) is 0.533. The van der Waals surface area contributed by atoms with Crippen molar-refractivity contribution in [1.29, 1.82) is 0 Å². The highest BCUT2D eigenvalue weighted by Crippen LogP contribution is 2.27. The smallest absolute Gasteiger partial charge is 0.209 e. The molecular weight excluding hydrogens is 350 g/mol. The van der Waals surface area contributed by atoms with Crippen LogP contribution in [0.15, 0.2) is 23.4 Å². The summed E-state index contributed by atoms with van der Waals surface area (Å²) in [5, 5.41) is 15.7. The van der Waals surface area contributed by atoms with Gasteiger partial charge in [0.2, 0.25) is 5.16 Å². The summed E-state index contributed by atoms with van der Waals surface area (Å²) in [6.07, 6.45) is 1.05. The zero-order valence-corrected chi connectivity index (χ0v) is 15.8.